The summed E-state index contributed by atoms with van der Waals surface area (Å²) in [7, 11) is 1.61. The average Bonchev–Trinajstić information content (AvgIpc) is 2.82. The Morgan fingerprint density at radius 1 is 1.06 bits per heavy atom. The number of methoxy groups -OCH3 is 1. The predicted octanol–water partition coefficient (Wildman–Crippen LogP) is 2.43. The summed E-state index contributed by atoms with van der Waals surface area (Å²) in [4.78, 5) is 8.72. The molecule has 0 saturated carbocycles. The topological polar surface area (TPSA) is 39.9 Å². The molecule has 2 heterocycles. The van der Waals surface area contributed by atoms with Crippen molar-refractivity contribution in [2.75, 3.05) is 7.11 Å². The normalized spacial score (nSPS) is 10.6. The number of nitrogens with zero attached hydrogens (tertiary/aromatic N) is 3. The van der Waals surface area contributed by atoms with Crippen LogP contribution in [0.2, 0.25) is 0 Å². The molecule has 0 bridgehead atoms. The Kier molecular flexibility index (Phi) is 2.26. The zero-order valence-electron chi connectivity index (χ0n) is 9.37. The van der Waals surface area contributed by atoms with E-state index >= 15 is 0 Å². The molecular weight excluding hydrogens is 214 g/mol. The molecule has 0 fully saturated rings. The molecule has 4 heteroatoms. The van der Waals surface area contributed by atoms with Crippen LogP contribution in [0.4, 0.5) is 0 Å². The summed E-state index contributed by atoms with van der Waals surface area (Å²) >= 11 is 0. The van der Waals surface area contributed by atoms with E-state index in [1.54, 1.807) is 13.4 Å². The van der Waals surface area contributed by atoms with E-state index in [0.29, 0.717) is 5.88 Å². The minimum Gasteiger partial charge on any atom is -0.481 e. The van der Waals surface area contributed by atoms with Gasteiger partial charge in [-0.3, -0.25) is 4.57 Å². The van der Waals surface area contributed by atoms with E-state index in [-0.39, 0.29) is 0 Å². The molecule has 0 aliphatic carbocycles. The standard InChI is InChI=1S/C13H11N3O/c1-17-12-8-7-11-13(15-12)16(9-14-11)10-5-3-2-4-6-10/h2-9H,1H3. The SMILES string of the molecule is COc1ccc2ncn(-c3ccccc3)c2n1. The van der Waals surface area contributed by atoms with Gasteiger partial charge in [-0.05, 0) is 18.2 Å². The molecule has 2 aromatic heterocycles. The molecule has 0 unspecified atom stereocenters. The number of imidazole rings is 1. The molecule has 4 nitrogen and oxygen atoms in total. The fourth-order valence-corrected chi connectivity index (χ4v) is 1.77. The Morgan fingerprint density at radius 2 is 1.88 bits per heavy atom. The van der Waals surface area contributed by atoms with Crippen molar-refractivity contribution in [1.82, 2.24) is 14.5 Å². The van der Waals surface area contributed by atoms with E-state index in [1.807, 2.05) is 47.0 Å². The van der Waals surface area contributed by atoms with E-state index in [2.05, 4.69) is 9.97 Å². The van der Waals surface area contributed by atoms with Crippen molar-refractivity contribution in [3.63, 3.8) is 0 Å². The molecule has 0 aliphatic rings. The van der Waals surface area contributed by atoms with Crippen molar-refractivity contribution in [1.29, 1.82) is 0 Å². The van der Waals surface area contributed by atoms with Crippen LogP contribution in [-0.2, 0) is 0 Å². The highest BCUT2D eigenvalue weighted by atomic mass is 16.5. The van der Waals surface area contributed by atoms with Crippen molar-refractivity contribution in [3.8, 4) is 11.6 Å². The number of fused-ring (bicyclic) bond motifs is 1. The second-order valence-electron chi connectivity index (χ2n) is 3.65. The van der Waals surface area contributed by atoms with Crippen molar-refractivity contribution < 1.29 is 4.74 Å². The molecule has 84 valence electrons. The monoisotopic (exact) mass is 225 g/mol. The zero-order valence-corrected chi connectivity index (χ0v) is 9.37. The van der Waals surface area contributed by atoms with Crippen molar-refractivity contribution in [2.45, 2.75) is 0 Å². The van der Waals surface area contributed by atoms with Crippen LogP contribution >= 0.6 is 0 Å². The number of ether oxygens (including phenoxy) is 1. The summed E-state index contributed by atoms with van der Waals surface area (Å²) in [5.41, 5.74) is 2.70. The summed E-state index contributed by atoms with van der Waals surface area (Å²) in [6, 6.07) is 13.7. The van der Waals surface area contributed by atoms with Gasteiger partial charge in [0.15, 0.2) is 5.65 Å². The maximum atomic E-state index is 5.13. The van der Waals surface area contributed by atoms with Crippen LogP contribution in [0.3, 0.4) is 0 Å². The number of pyridine rings is 1. The first-order valence-corrected chi connectivity index (χ1v) is 5.32. The van der Waals surface area contributed by atoms with E-state index in [1.165, 1.54) is 0 Å². The lowest BCUT2D eigenvalue weighted by Gasteiger charge is -2.03. The van der Waals surface area contributed by atoms with E-state index in [4.69, 9.17) is 4.74 Å². The first kappa shape index (κ1) is 9.84. The van der Waals surface area contributed by atoms with Crippen molar-refractivity contribution >= 4 is 11.2 Å². The summed E-state index contributed by atoms with van der Waals surface area (Å²) in [6.07, 6.45) is 1.77. The zero-order chi connectivity index (χ0) is 11.7. The molecule has 17 heavy (non-hydrogen) atoms. The smallest absolute Gasteiger partial charge is 0.215 e. The van der Waals surface area contributed by atoms with E-state index in [0.717, 1.165) is 16.9 Å². The largest absolute Gasteiger partial charge is 0.481 e. The van der Waals surface area contributed by atoms with Gasteiger partial charge in [0, 0.05) is 11.8 Å². The van der Waals surface area contributed by atoms with Crippen LogP contribution in [0, 0.1) is 0 Å². The van der Waals surface area contributed by atoms with Gasteiger partial charge >= 0.3 is 0 Å². The maximum absolute atomic E-state index is 5.13. The van der Waals surface area contributed by atoms with Crippen LogP contribution in [0.5, 0.6) is 5.88 Å². The molecule has 0 spiro atoms. The number of aromatic nitrogens is 3. The molecule has 0 radical (unpaired) electrons. The molecule has 3 aromatic rings. The van der Waals surface area contributed by atoms with Gasteiger partial charge in [0.1, 0.15) is 11.8 Å². The highest BCUT2D eigenvalue weighted by Crippen LogP contribution is 2.18. The fourth-order valence-electron chi connectivity index (χ4n) is 1.77. The molecule has 0 N–H and O–H groups in total. The third-order valence-electron chi connectivity index (χ3n) is 2.61. The second kappa shape index (κ2) is 3.90. The predicted molar refractivity (Wildman–Crippen MR) is 65.4 cm³/mol. The number of hydrogen-bond donors (Lipinski definition) is 0. The third-order valence-corrected chi connectivity index (χ3v) is 2.61. The Morgan fingerprint density at radius 3 is 2.65 bits per heavy atom. The summed E-state index contributed by atoms with van der Waals surface area (Å²) in [6.45, 7) is 0. The fraction of sp³-hybridized carbons (Fsp3) is 0.0769. The lowest BCUT2D eigenvalue weighted by molar-refractivity contribution is 0.399. The van der Waals surface area contributed by atoms with Crippen molar-refractivity contribution in [2.24, 2.45) is 0 Å². The van der Waals surface area contributed by atoms with Gasteiger partial charge in [0.05, 0.1) is 7.11 Å². The van der Waals surface area contributed by atoms with Gasteiger partial charge in [-0.25, -0.2) is 4.98 Å². The molecule has 0 saturated heterocycles. The second-order valence-corrected chi connectivity index (χ2v) is 3.65. The summed E-state index contributed by atoms with van der Waals surface area (Å²) in [5, 5.41) is 0. The molecule has 1 aromatic carbocycles. The molecule has 3 rings (SSSR count). The molecule has 0 aliphatic heterocycles. The van der Waals surface area contributed by atoms with Gasteiger partial charge in [-0.15, -0.1) is 0 Å². The van der Waals surface area contributed by atoms with Gasteiger partial charge in [0.25, 0.3) is 0 Å². The van der Waals surface area contributed by atoms with Crippen LogP contribution in [-0.4, -0.2) is 21.6 Å². The quantitative estimate of drug-likeness (QED) is 0.672. The van der Waals surface area contributed by atoms with Gasteiger partial charge in [-0.1, -0.05) is 18.2 Å². The van der Waals surface area contributed by atoms with E-state index in [9.17, 15) is 0 Å². The molecular formula is C13H11N3O. The maximum Gasteiger partial charge on any atom is 0.215 e. The molecule has 0 amide bonds. The van der Waals surface area contributed by atoms with Gasteiger partial charge < -0.3 is 4.74 Å². The Balaban J connectivity index is 2.23. The number of para-hydroxylation sites is 1. The van der Waals surface area contributed by atoms with Crippen LogP contribution < -0.4 is 4.74 Å². The Bertz CT molecular complexity index is 646. The number of benzene rings is 1. The number of hydrogen-bond acceptors (Lipinski definition) is 3. The van der Waals surface area contributed by atoms with Gasteiger partial charge in [-0.2, -0.15) is 4.98 Å². The van der Waals surface area contributed by atoms with Gasteiger partial charge in [0.2, 0.25) is 5.88 Å². The van der Waals surface area contributed by atoms with Crippen LogP contribution in [0.25, 0.3) is 16.9 Å². The third kappa shape index (κ3) is 1.63. The average molecular weight is 225 g/mol. The van der Waals surface area contributed by atoms with Crippen LogP contribution in [0.1, 0.15) is 0 Å². The first-order valence-electron chi connectivity index (χ1n) is 5.32. The molecule has 0 atom stereocenters. The van der Waals surface area contributed by atoms with Crippen LogP contribution in [0.15, 0.2) is 48.8 Å². The lowest BCUT2D eigenvalue weighted by atomic mass is 10.3. The summed E-state index contributed by atoms with van der Waals surface area (Å²) < 4.78 is 7.07. The van der Waals surface area contributed by atoms with Crippen molar-refractivity contribution in [3.05, 3.63) is 48.8 Å². The minimum atomic E-state index is 0.593. The Labute approximate surface area is 98.5 Å². The lowest BCUT2D eigenvalue weighted by Crippen LogP contribution is -1.94. The summed E-state index contributed by atoms with van der Waals surface area (Å²) in [5.74, 6) is 0.593. The number of rotatable bonds is 2. The first-order chi connectivity index (χ1) is 8.38. The minimum absolute atomic E-state index is 0.593. The Hall–Kier alpha value is -2.36. The van der Waals surface area contributed by atoms with E-state index < -0.39 is 0 Å². The highest BCUT2D eigenvalue weighted by molar-refractivity contribution is 5.73. The highest BCUT2D eigenvalue weighted by Gasteiger charge is 2.06.